The summed E-state index contributed by atoms with van der Waals surface area (Å²) in [7, 11) is 1.38. The molecule has 6 heteroatoms. The van der Waals surface area contributed by atoms with Crippen molar-refractivity contribution in [3.63, 3.8) is 0 Å². The van der Waals surface area contributed by atoms with E-state index in [1.54, 1.807) is 4.90 Å². The van der Waals surface area contributed by atoms with Crippen LogP contribution in [0.25, 0.3) is 0 Å². The number of carbonyl (C=O) groups is 1. The van der Waals surface area contributed by atoms with Crippen LogP contribution in [0.5, 0.6) is 0 Å². The van der Waals surface area contributed by atoms with E-state index in [0.29, 0.717) is 6.54 Å². The molecule has 1 amide bonds. The zero-order valence-electron chi connectivity index (χ0n) is 10.7. The first kappa shape index (κ1) is 14.4. The Labute approximate surface area is 102 Å². The van der Waals surface area contributed by atoms with Gasteiger partial charge in [-0.1, -0.05) is 13.8 Å². The van der Waals surface area contributed by atoms with Crippen molar-refractivity contribution in [3.8, 4) is 0 Å². The minimum Gasteiger partial charge on any atom is -0.356 e. The van der Waals surface area contributed by atoms with E-state index in [1.807, 2.05) is 13.8 Å². The van der Waals surface area contributed by atoms with E-state index in [9.17, 15) is 9.90 Å². The molecule has 0 aliphatic carbocycles. The second kappa shape index (κ2) is 6.30. The lowest BCUT2D eigenvalue weighted by Crippen LogP contribution is -2.55. The molecule has 0 aromatic rings. The first-order valence-electron chi connectivity index (χ1n) is 6.00. The summed E-state index contributed by atoms with van der Waals surface area (Å²) in [5, 5.41) is 12.1. The molecule has 3 atom stereocenters. The molecular weight excluding hydrogens is 222 g/mol. The molecule has 0 aromatic heterocycles. The van der Waals surface area contributed by atoms with E-state index in [0.717, 1.165) is 12.8 Å². The summed E-state index contributed by atoms with van der Waals surface area (Å²) in [4.78, 5) is 13.9. The molecule has 6 nitrogen and oxygen atoms in total. The van der Waals surface area contributed by atoms with Crippen LogP contribution in [0.15, 0.2) is 0 Å². The second-order valence-corrected chi connectivity index (χ2v) is 4.72. The van der Waals surface area contributed by atoms with Gasteiger partial charge in [-0.3, -0.25) is 10.1 Å². The Hall–Kier alpha value is -0.690. The number of aliphatic hydroxyl groups is 1. The fourth-order valence-corrected chi connectivity index (χ4v) is 2.02. The molecular formula is C11H23N3O3. The molecule has 0 bridgehead atoms. The van der Waals surface area contributed by atoms with E-state index >= 15 is 0 Å². The average Bonchev–Trinajstić information content (AvgIpc) is 2.70. The van der Waals surface area contributed by atoms with Gasteiger partial charge in [-0.2, -0.15) is 0 Å². The lowest BCUT2D eigenvalue weighted by atomic mass is 10.0. The van der Waals surface area contributed by atoms with Gasteiger partial charge in [0.15, 0.2) is 0 Å². The summed E-state index contributed by atoms with van der Waals surface area (Å²) in [6, 6.07) is -0.478. The third-order valence-corrected chi connectivity index (χ3v) is 3.06. The van der Waals surface area contributed by atoms with Crippen molar-refractivity contribution >= 4 is 5.91 Å². The summed E-state index contributed by atoms with van der Waals surface area (Å²) in [5.74, 6) is -0.0128. The van der Waals surface area contributed by atoms with Gasteiger partial charge < -0.3 is 20.5 Å². The van der Waals surface area contributed by atoms with Crippen LogP contribution in [0.2, 0.25) is 0 Å². The molecule has 0 radical (unpaired) electrons. The van der Waals surface area contributed by atoms with Crippen molar-refractivity contribution in [2.75, 3.05) is 13.7 Å². The summed E-state index contributed by atoms with van der Waals surface area (Å²) < 4.78 is 4.71. The van der Waals surface area contributed by atoms with Gasteiger partial charge in [0.05, 0.1) is 12.2 Å². The van der Waals surface area contributed by atoms with Gasteiger partial charge in [-0.05, 0) is 18.8 Å². The lowest BCUT2D eigenvalue weighted by Gasteiger charge is -2.30. The fraction of sp³-hybridized carbons (Fsp3) is 0.909. The van der Waals surface area contributed by atoms with Crippen LogP contribution in [0, 0.1) is 5.92 Å². The summed E-state index contributed by atoms with van der Waals surface area (Å²) >= 11 is 0. The Balaban J connectivity index is 2.66. The van der Waals surface area contributed by atoms with Gasteiger partial charge in [-0.15, -0.1) is 0 Å². The molecule has 0 aromatic carbocycles. The van der Waals surface area contributed by atoms with Crippen LogP contribution in [0.3, 0.4) is 0 Å². The number of hydrogen-bond acceptors (Lipinski definition) is 5. The minimum atomic E-state index is -1.13. The second-order valence-electron chi connectivity index (χ2n) is 4.72. The number of carbonyl (C=O) groups excluding carboxylic acids is 1. The number of amides is 1. The predicted molar refractivity (Wildman–Crippen MR) is 63.7 cm³/mol. The normalized spacial score (nSPS) is 24.1. The Kier molecular flexibility index (Phi) is 5.32. The molecule has 1 fully saturated rings. The number of nitrogens with two attached hydrogens (primary N) is 1. The van der Waals surface area contributed by atoms with E-state index in [-0.39, 0.29) is 18.0 Å². The molecule has 100 valence electrons. The maximum atomic E-state index is 12.3. The minimum absolute atomic E-state index is 0.0556. The van der Waals surface area contributed by atoms with Crippen molar-refractivity contribution in [1.82, 2.24) is 10.2 Å². The largest absolute Gasteiger partial charge is 0.356 e. The molecule has 1 rings (SSSR count). The molecule has 1 saturated heterocycles. The van der Waals surface area contributed by atoms with Gasteiger partial charge >= 0.3 is 0 Å². The molecule has 0 spiro atoms. The number of rotatable bonds is 5. The quantitative estimate of drug-likeness (QED) is 0.565. The smallest absolute Gasteiger partial charge is 0.241 e. The van der Waals surface area contributed by atoms with E-state index in [4.69, 9.17) is 10.5 Å². The van der Waals surface area contributed by atoms with Crippen LogP contribution in [-0.2, 0) is 9.53 Å². The van der Waals surface area contributed by atoms with Gasteiger partial charge in [0, 0.05) is 13.7 Å². The Bertz CT molecular complexity index is 260. The molecule has 0 unspecified atom stereocenters. The summed E-state index contributed by atoms with van der Waals surface area (Å²) in [6.45, 7) is 4.52. The van der Waals surface area contributed by atoms with E-state index in [2.05, 4.69) is 5.32 Å². The first-order chi connectivity index (χ1) is 7.97. The number of nitrogens with one attached hydrogen (secondary N) is 1. The van der Waals surface area contributed by atoms with E-state index in [1.165, 1.54) is 7.11 Å². The Morgan fingerprint density at radius 1 is 1.59 bits per heavy atom. The van der Waals surface area contributed by atoms with Gasteiger partial charge in [0.25, 0.3) is 0 Å². The standard InChI is InChI=1S/C11H23N3O3/c1-7(2)9(13-11(16)17-3)10(15)14-6-4-5-8(14)12/h7-9,11,13,16H,4-6,12H2,1-3H3/t8-,9+,11-/m1/s1. The average molecular weight is 245 g/mol. The Morgan fingerprint density at radius 2 is 2.24 bits per heavy atom. The van der Waals surface area contributed by atoms with Crippen LogP contribution < -0.4 is 11.1 Å². The van der Waals surface area contributed by atoms with Crippen LogP contribution in [-0.4, -0.2) is 48.2 Å². The SMILES string of the molecule is CO[C@@H](O)N[C@H](C(=O)N1CCC[C@@H]1N)C(C)C. The number of nitrogens with zero attached hydrogens (tertiary/aromatic N) is 1. The number of hydrogen-bond donors (Lipinski definition) is 3. The highest BCUT2D eigenvalue weighted by Gasteiger charge is 2.33. The first-order valence-corrected chi connectivity index (χ1v) is 6.00. The fourth-order valence-electron chi connectivity index (χ4n) is 2.02. The molecule has 4 N–H and O–H groups in total. The Morgan fingerprint density at radius 3 is 2.65 bits per heavy atom. The van der Waals surface area contributed by atoms with Gasteiger partial charge in [0.1, 0.15) is 0 Å². The maximum Gasteiger partial charge on any atom is 0.241 e. The predicted octanol–water partition coefficient (Wildman–Crippen LogP) is -0.570. The molecule has 1 aliphatic rings. The monoisotopic (exact) mass is 245 g/mol. The van der Waals surface area contributed by atoms with Gasteiger partial charge in [-0.25, -0.2) is 0 Å². The van der Waals surface area contributed by atoms with Crippen molar-refractivity contribution in [1.29, 1.82) is 0 Å². The van der Waals surface area contributed by atoms with Crippen LogP contribution in [0.1, 0.15) is 26.7 Å². The number of methoxy groups -OCH3 is 1. The van der Waals surface area contributed by atoms with Gasteiger partial charge in [0.2, 0.25) is 12.3 Å². The van der Waals surface area contributed by atoms with Crippen LogP contribution in [0.4, 0.5) is 0 Å². The number of likely N-dealkylation sites (tertiary alicyclic amines) is 1. The van der Waals surface area contributed by atoms with E-state index < -0.39 is 12.5 Å². The number of aliphatic hydroxyl groups excluding tert-OH is 1. The zero-order valence-corrected chi connectivity index (χ0v) is 10.7. The molecule has 0 saturated carbocycles. The third-order valence-electron chi connectivity index (χ3n) is 3.06. The molecule has 1 heterocycles. The lowest BCUT2D eigenvalue weighted by molar-refractivity contribution is -0.144. The van der Waals surface area contributed by atoms with Crippen molar-refractivity contribution < 1.29 is 14.6 Å². The van der Waals surface area contributed by atoms with Crippen molar-refractivity contribution in [3.05, 3.63) is 0 Å². The highest BCUT2D eigenvalue weighted by atomic mass is 16.6. The zero-order chi connectivity index (χ0) is 13.0. The maximum absolute atomic E-state index is 12.3. The highest BCUT2D eigenvalue weighted by molar-refractivity contribution is 5.82. The molecule has 17 heavy (non-hydrogen) atoms. The highest BCUT2D eigenvalue weighted by Crippen LogP contribution is 2.16. The number of ether oxygens (including phenoxy) is 1. The summed E-state index contributed by atoms with van der Waals surface area (Å²) in [5.41, 5.74) is 5.86. The topological polar surface area (TPSA) is 87.8 Å². The van der Waals surface area contributed by atoms with Crippen molar-refractivity contribution in [2.45, 2.75) is 45.3 Å². The molecule has 1 aliphatic heterocycles. The summed E-state index contributed by atoms with van der Waals surface area (Å²) in [6.07, 6.45) is 0.434. The third kappa shape index (κ3) is 3.64. The van der Waals surface area contributed by atoms with Crippen LogP contribution >= 0.6 is 0 Å². The van der Waals surface area contributed by atoms with Crippen molar-refractivity contribution in [2.24, 2.45) is 11.7 Å².